The average Bonchev–Trinajstić information content (AvgIpc) is 2.03. The fraction of sp³-hybridized carbons (Fsp3) is 0.889. The standard InChI is InChI=1S/C9H19NO/c1-4-6-9(7-5-2)8(3)10-11/h9,11H,4-7H2,1-3H3/b10-8+. The number of rotatable bonds is 5. The van der Waals surface area contributed by atoms with E-state index in [-0.39, 0.29) is 0 Å². The van der Waals surface area contributed by atoms with E-state index in [0.717, 1.165) is 31.4 Å². The fourth-order valence-corrected chi connectivity index (χ4v) is 1.34. The normalized spacial score (nSPS) is 12.5. The van der Waals surface area contributed by atoms with Crippen LogP contribution in [0.5, 0.6) is 0 Å². The second-order valence-corrected chi connectivity index (χ2v) is 3.02. The number of oxime groups is 1. The van der Waals surface area contributed by atoms with Gasteiger partial charge in [0.25, 0.3) is 0 Å². The van der Waals surface area contributed by atoms with E-state index in [1.54, 1.807) is 0 Å². The lowest BCUT2D eigenvalue weighted by molar-refractivity contribution is 0.312. The van der Waals surface area contributed by atoms with Gasteiger partial charge in [-0.1, -0.05) is 31.8 Å². The molecule has 0 aromatic heterocycles. The summed E-state index contributed by atoms with van der Waals surface area (Å²) in [6, 6.07) is 0. The largest absolute Gasteiger partial charge is 0.411 e. The third-order valence-corrected chi connectivity index (χ3v) is 2.02. The molecule has 0 heterocycles. The van der Waals surface area contributed by atoms with Crippen LogP contribution in [0.25, 0.3) is 0 Å². The molecule has 0 spiro atoms. The van der Waals surface area contributed by atoms with E-state index in [1.807, 2.05) is 6.92 Å². The van der Waals surface area contributed by atoms with Crippen LogP contribution in [-0.4, -0.2) is 10.9 Å². The predicted octanol–water partition coefficient (Wildman–Crippen LogP) is 3.05. The first-order valence-electron chi connectivity index (χ1n) is 4.44. The van der Waals surface area contributed by atoms with Crippen LogP contribution in [0.15, 0.2) is 5.16 Å². The molecule has 0 radical (unpaired) electrons. The van der Waals surface area contributed by atoms with Gasteiger partial charge < -0.3 is 5.21 Å². The van der Waals surface area contributed by atoms with Gasteiger partial charge in [0.15, 0.2) is 0 Å². The zero-order chi connectivity index (χ0) is 8.69. The molecule has 0 unspecified atom stereocenters. The monoisotopic (exact) mass is 157 g/mol. The first-order chi connectivity index (χ1) is 5.26. The molecule has 0 saturated heterocycles. The van der Waals surface area contributed by atoms with Crippen molar-refractivity contribution in [2.75, 3.05) is 0 Å². The lowest BCUT2D eigenvalue weighted by atomic mass is 9.94. The second-order valence-electron chi connectivity index (χ2n) is 3.02. The molecule has 0 rings (SSSR count). The van der Waals surface area contributed by atoms with Crippen molar-refractivity contribution in [2.45, 2.75) is 46.5 Å². The summed E-state index contributed by atoms with van der Waals surface area (Å²) < 4.78 is 0. The molecule has 1 N–H and O–H groups in total. The van der Waals surface area contributed by atoms with Gasteiger partial charge in [-0.3, -0.25) is 0 Å². The van der Waals surface area contributed by atoms with E-state index in [1.165, 1.54) is 0 Å². The highest BCUT2D eigenvalue weighted by atomic mass is 16.4. The van der Waals surface area contributed by atoms with Crippen LogP contribution in [0.1, 0.15) is 46.5 Å². The van der Waals surface area contributed by atoms with Gasteiger partial charge in [-0.15, -0.1) is 0 Å². The first-order valence-corrected chi connectivity index (χ1v) is 4.44. The Morgan fingerprint density at radius 2 is 1.73 bits per heavy atom. The maximum absolute atomic E-state index is 8.55. The Labute approximate surface area is 69.3 Å². The molecule has 0 aliphatic rings. The molecule has 11 heavy (non-hydrogen) atoms. The quantitative estimate of drug-likeness (QED) is 0.371. The third-order valence-electron chi connectivity index (χ3n) is 2.02. The average molecular weight is 157 g/mol. The van der Waals surface area contributed by atoms with Crippen LogP contribution in [0.3, 0.4) is 0 Å². The number of hydrogen-bond acceptors (Lipinski definition) is 2. The van der Waals surface area contributed by atoms with Crippen LogP contribution in [0.4, 0.5) is 0 Å². The summed E-state index contributed by atoms with van der Waals surface area (Å²) >= 11 is 0. The summed E-state index contributed by atoms with van der Waals surface area (Å²) in [4.78, 5) is 0. The number of hydrogen-bond donors (Lipinski definition) is 1. The highest BCUT2D eigenvalue weighted by Gasteiger charge is 2.09. The van der Waals surface area contributed by atoms with E-state index >= 15 is 0 Å². The van der Waals surface area contributed by atoms with Crippen molar-refractivity contribution in [3.8, 4) is 0 Å². The van der Waals surface area contributed by atoms with E-state index in [4.69, 9.17) is 5.21 Å². The fourth-order valence-electron chi connectivity index (χ4n) is 1.34. The Hall–Kier alpha value is -0.530. The molecule has 0 fully saturated rings. The van der Waals surface area contributed by atoms with Gasteiger partial charge in [-0.05, 0) is 19.8 Å². The summed E-state index contributed by atoms with van der Waals surface area (Å²) in [6.45, 7) is 6.22. The van der Waals surface area contributed by atoms with Gasteiger partial charge in [-0.2, -0.15) is 0 Å². The summed E-state index contributed by atoms with van der Waals surface area (Å²) in [5.74, 6) is 0.495. The van der Waals surface area contributed by atoms with E-state index < -0.39 is 0 Å². The van der Waals surface area contributed by atoms with Crippen LogP contribution in [0.2, 0.25) is 0 Å². The van der Waals surface area contributed by atoms with Crippen molar-refractivity contribution < 1.29 is 5.21 Å². The molecule has 66 valence electrons. The smallest absolute Gasteiger partial charge is 0.0570 e. The van der Waals surface area contributed by atoms with E-state index in [9.17, 15) is 0 Å². The first kappa shape index (κ1) is 10.5. The summed E-state index contributed by atoms with van der Waals surface area (Å²) in [5, 5.41) is 11.8. The second kappa shape index (κ2) is 6.20. The molecule has 0 saturated carbocycles. The van der Waals surface area contributed by atoms with Crippen LogP contribution in [0, 0.1) is 5.92 Å². The van der Waals surface area contributed by atoms with E-state index in [2.05, 4.69) is 19.0 Å². The molecular formula is C9H19NO. The third kappa shape index (κ3) is 4.02. The Bertz CT molecular complexity index is 115. The summed E-state index contributed by atoms with van der Waals surface area (Å²) in [6.07, 6.45) is 4.61. The number of nitrogens with zero attached hydrogens (tertiary/aromatic N) is 1. The molecule has 0 aliphatic heterocycles. The van der Waals surface area contributed by atoms with Gasteiger partial charge in [0.05, 0.1) is 5.71 Å². The van der Waals surface area contributed by atoms with Gasteiger partial charge in [-0.25, -0.2) is 0 Å². The zero-order valence-corrected chi connectivity index (χ0v) is 7.80. The van der Waals surface area contributed by atoms with Crippen molar-refractivity contribution >= 4 is 5.71 Å². The van der Waals surface area contributed by atoms with Gasteiger partial charge in [0, 0.05) is 5.92 Å². The molecule has 0 aliphatic carbocycles. The van der Waals surface area contributed by atoms with Gasteiger partial charge in [0.2, 0.25) is 0 Å². The SMILES string of the molecule is CCCC(CCC)/C(C)=N/O. The van der Waals surface area contributed by atoms with Crippen molar-refractivity contribution in [3.63, 3.8) is 0 Å². The topological polar surface area (TPSA) is 32.6 Å². The minimum absolute atomic E-state index is 0.495. The highest BCUT2D eigenvalue weighted by Crippen LogP contribution is 2.14. The van der Waals surface area contributed by atoms with Crippen LogP contribution < -0.4 is 0 Å². The molecule has 2 heteroatoms. The minimum Gasteiger partial charge on any atom is -0.411 e. The van der Waals surface area contributed by atoms with Crippen LogP contribution >= 0.6 is 0 Å². The van der Waals surface area contributed by atoms with Gasteiger partial charge >= 0.3 is 0 Å². The van der Waals surface area contributed by atoms with Crippen molar-refractivity contribution in [1.82, 2.24) is 0 Å². The van der Waals surface area contributed by atoms with Crippen LogP contribution in [-0.2, 0) is 0 Å². The highest BCUT2D eigenvalue weighted by molar-refractivity contribution is 5.83. The Morgan fingerprint density at radius 3 is 2.00 bits per heavy atom. The minimum atomic E-state index is 0.495. The maximum atomic E-state index is 8.55. The van der Waals surface area contributed by atoms with Crippen molar-refractivity contribution in [3.05, 3.63) is 0 Å². The molecule has 0 bridgehead atoms. The molecule has 2 nitrogen and oxygen atoms in total. The Balaban J connectivity index is 3.87. The summed E-state index contributed by atoms with van der Waals surface area (Å²) in [5.41, 5.74) is 0.883. The molecule has 0 atom stereocenters. The lowest BCUT2D eigenvalue weighted by Crippen LogP contribution is -2.10. The van der Waals surface area contributed by atoms with Crippen molar-refractivity contribution in [1.29, 1.82) is 0 Å². The van der Waals surface area contributed by atoms with Crippen molar-refractivity contribution in [2.24, 2.45) is 11.1 Å². The predicted molar refractivity (Wildman–Crippen MR) is 48.2 cm³/mol. The molecule has 0 aromatic carbocycles. The maximum Gasteiger partial charge on any atom is 0.0570 e. The Morgan fingerprint density at radius 1 is 1.27 bits per heavy atom. The molecule has 0 aromatic rings. The van der Waals surface area contributed by atoms with E-state index in [0.29, 0.717) is 5.92 Å². The Kier molecular flexibility index (Phi) is 5.90. The van der Waals surface area contributed by atoms with Gasteiger partial charge in [0.1, 0.15) is 0 Å². The summed E-state index contributed by atoms with van der Waals surface area (Å²) in [7, 11) is 0. The zero-order valence-electron chi connectivity index (χ0n) is 7.80. The molecule has 0 amide bonds. The lowest BCUT2D eigenvalue weighted by Gasteiger charge is -2.12. The molecular weight excluding hydrogens is 138 g/mol.